The minimum absolute atomic E-state index is 0.0868. The van der Waals surface area contributed by atoms with Gasteiger partial charge in [-0.1, -0.05) is 0 Å². The van der Waals surface area contributed by atoms with Crippen LogP contribution in [0.15, 0.2) is 41.7 Å². The number of fused-ring (bicyclic) bond motifs is 1. The van der Waals surface area contributed by atoms with Crippen LogP contribution in [0.1, 0.15) is 12.8 Å². The summed E-state index contributed by atoms with van der Waals surface area (Å²) < 4.78 is 1.50. The third-order valence-electron chi connectivity index (χ3n) is 4.04. The molecule has 25 heavy (non-hydrogen) atoms. The number of nitrogens with zero attached hydrogens (tertiary/aromatic N) is 4. The lowest BCUT2D eigenvalue weighted by molar-refractivity contribution is 0.274. The van der Waals surface area contributed by atoms with Crippen LogP contribution in [-0.4, -0.2) is 37.3 Å². The van der Waals surface area contributed by atoms with Crippen LogP contribution in [0.5, 0.6) is 0 Å². The Hall–Kier alpha value is -3.00. The smallest absolute Gasteiger partial charge is 0.262 e. The monoisotopic (exact) mass is 338 g/mol. The highest BCUT2D eigenvalue weighted by Crippen LogP contribution is 2.29. The summed E-state index contributed by atoms with van der Waals surface area (Å²) in [5, 5.41) is 16.9. The van der Waals surface area contributed by atoms with Crippen molar-refractivity contribution < 1.29 is 5.11 Å². The van der Waals surface area contributed by atoms with Gasteiger partial charge in [-0.15, -0.1) is 0 Å². The second-order valence-corrected chi connectivity index (χ2v) is 5.99. The summed E-state index contributed by atoms with van der Waals surface area (Å²) in [6.45, 7) is 0.174. The normalized spacial score (nSPS) is 13.8. The Bertz CT molecular complexity index is 953. The molecule has 1 saturated carbocycles. The number of rotatable bonds is 6. The Labute approximate surface area is 143 Å². The van der Waals surface area contributed by atoms with E-state index in [2.05, 4.69) is 25.6 Å². The molecule has 0 aromatic carbocycles. The van der Waals surface area contributed by atoms with Crippen LogP contribution in [-0.2, 0) is 6.54 Å². The molecule has 0 saturated heterocycles. The molecule has 0 radical (unpaired) electrons. The molecule has 3 heterocycles. The highest BCUT2D eigenvalue weighted by Gasteiger charge is 2.23. The molecule has 0 spiro atoms. The van der Waals surface area contributed by atoms with Gasteiger partial charge >= 0.3 is 0 Å². The number of aromatic nitrogens is 4. The van der Waals surface area contributed by atoms with Gasteiger partial charge in [0.25, 0.3) is 5.56 Å². The van der Waals surface area contributed by atoms with Crippen LogP contribution in [0.3, 0.4) is 0 Å². The molecule has 1 aliphatic rings. The number of nitrogens with one attached hydrogen (secondary N) is 2. The van der Waals surface area contributed by atoms with Crippen molar-refractivity contribution in [2.75, 3.05) is 17.2 Å². The molecule has 4 rings (SSSR count). The van der Waals surface area contributed by atoms with E-state index in [1.54, 1.807) is 24.8 Å². The zero-order chi connectivity index (χ0) is 17.2. The first-order valence-electron chi connectivity index (χ1n) is 8.19. The van der Waals surface area contributed by atoms with E-state index in [0.717, 1.165) is 18.2 Å². The maximum atomic E-state index is 12.7. The average Bonchev–Trinajstić information content (AvgIpc) is 3.42. The maximum absolute atomic E-state index is 12.7. The topological polar surface area (TPSA) is 105 Å². The van der Waals surface area contributed by atoms with Gasteiger partial charge in [0.2, 0.25) is 0 Å². The summed E-state index contributed by atoms with van der Waals surface area (Å²) in [6.07, 6.45) is 8.64. The van der Waals surface area contributed by atoms with Crippen molar-refractivity contribution in [2.24, 2.45) is 0 Å². The predicted octanol–water partition coefficient (Wildman–Crippen LogP) is 1.50. The van der Waals surface area contributed by atoms with Crippen LogP contribution in [0, 0.1) is 0 Å². The lowest BCUT2D eigenvalue weighted by Crippen LogP contribution is -2.22. The minimum atomic E-state index is -0.159. The summed E-state index contributed by atoms with van der Waals surface area (Å²) >= 11 is 0. The van der Waals surface area contributed by atoms with E-state index in [1.165, 1.54) is 4.57 Å². The molecule has 128 valence electrons. The minimum Gasteiger partial charge on any atom is -0.395 e. The first-order chi connectivity index (χ1) is 12.2. The molecular weight excluding hydrogens is 320 g/mol. The van der Waals surface area contributed by atoms with Gasteiger partial charge in [-0.25, -0.2) is 9.97 Å². The second kappa shape index (κ2) is 6.48. The SMILES string of the molecule is O=c1c2c(NC3CC3)nc(Nc3cnccn3)cc2ccn1CCO. The first-order valence-corrected chi connectivity index (χ1v) is 8.19. The van der Waals surface area contributed by atoms with Gasteiger partial charge in [0.15, 0.2) is 0 Å². The molecule has 0 bridgehead atoms. The van der Waals surface area contributed by atoms with E-state index in [4.69, 9.17) is 5.11 Å². The van der Waals surface area contributed by atoms with Crippen LogP contribution >= 0.6 is 0 Å². The highest BCUT2D eigenvalue weighted by molar-refractivity contribution is 5.93. The molecule has 8 nitrogen and oxygen atoms in total. The standard InChI is InChI=1S/C17H18N6O2/c24-8-7-23-6-3-11-9-13(21-14-10-18-4-5-19-14)22-16(15(11)17(23)25)20-12-1-2-12/h3-6,9-10,12,24H,1-2,7-8H2,(H2,19,20,21,22). The number of pyridine rings is 2. The van der Waals surface area contributed by atoms with Crippen molar-refractivity contribution in [3.05, 3.63) is 47.3 Å². The summed E-state index contributed by atoms with van der Waals surface area (Å²) in [6, 6.07) is 4.02. The molecule has 0 amide bonds. The Balaban J connectivity index is 1.81. The van der Waals surface area contributed by atoms with Gasteiger partial charge in [-0.05, 0) is 30.4 Å². The van der Waals surface area contributed by atoms with E-state index >= 15 is 0 Å². The Morgan fingerprint density at radius 1 is 1.28 bits per heavy atom. The van der Waals surface area contributed by atoms with E-state index < -0.39 is 0 Å². The fraction of sp³-hybridized carbons (Fsp3) is 0.294. The molecule has 1 fully saturated rings. The van der Waals surface area contributed by atoms with E-state index in [0.29, 0.717) is 28.9 Å². The summed E-state index contributed by atoms with van der Waals surface area (Å²) in [4.78, 5) is 25.5. The summed E-state index contributed by atoms with van der Waals surface area (Å²) in [7, 11) is 0. The molecule has 0 aliphatic heterocycles. The average molecular weight is 338 g/mol. The van der Waals surface area contributed by atoms with Crippen LogP contribution in [0.4, 0.5) is 17.5 Å². The molecule has 1 aliphatic carbocycles. The van der Waals surface area contributed by atoms with Crippen molar-refractivity contribution in [1.82, 2.24) is 19.5 Å². The van der Waals surface area contributed by atoms with Crippen molar-refractivity contribution in [2.45, 2.75) is 25.4 Å². The predicted molar refractivity (Wildman–Crippen MR) is 95.0 cm³/mol. The zero-order valence-corrected chi connectivity index (χ0v) is 13.5. The molecular formula is C17H18N6O2. The maximum Gasteiger partial charge on any atom is 0.262 e. The molecule has 3 aromatic rings. The third-order valence-corrected chi connectivity index (χ3v) is 4.04. The van der Waals surface area contributed by atoms with Crippen LogP contribution < -0.4 is 16.2 Å². The lowest BCUT2D eigenvalue weighted by Gasteiger charge is -2.13. The van der Waals surface area contributed by atoms with Gasteiger partial charge in [-0.2, -0.15) is 0 Å². The summed E-state index contributed by atoms with van der Waals surface area (Å²) in [5.41, 5.74) is -0.159. The number of hydrogen-bond acceptors (Lipinski definition) is 7. The number of anilines is 3. The van der Waals surface area contributed by atoms with Gasteiger partial charge in [0.05, 0.1) is 18.2 Å². The van der Waals surface area contributed by atoms with Crippen molar-refractivity contribution >= 4 is 28.2 Å². The Morgan fingerprint density at radius 2 is 2.16 bits per heavy atom. The van der Waals surface area contributed by atoms with Gasteiger partial charge < -0.3 is 20.3 Å². The highest BCUT2D eigenvalue weighted by atomic mass is 16.3. The van der Waals surface area contributed by atoms with E-state index in [-0.39, 0.29) is 18.7 Å². The fourth-order valence-corrected chi connectivity index (χ4v) is 2.67. The van der Waals surface area contributed by atoms with E-state index in [1.807, 2.05) is 12.1 Å². The largest absolute Gasteiger partial charge is 0.395 e. The van der Waals surface area contributed by atoms with Gasteiger partial charge in [0.1, 0.15) is 17.5 Å². The van der Waals surface area contributed by atoms with Crippen molar-refractivity contribution in [3.8, 4) is 0 Å². The first kappa shape index (κ1) is 15.5. The van der Waals surface area contributed by atoms with Crippen LogP contribution in [0.25, 0.3) is 10.8 Å². The van der Waals surface area contributed by atoms with E-state index in [9.17, 15) is 4.79 Å². The second-order valence-electron chi connectivity index (χ2n) is 5.99. The molecule has 3 aromatic heterocycles. The molecule has 3 N–H and O–H groups in total. The molecule has 8 heteroatoms. The third kappa shape index (κ3) is 3.29. The quantitative estimate of drug-likeness (QED) is 0.625. The zero-order valence-electron chi connectivity index (χ0n) is 13.5. The van der Waals surface area contributed by atoms with Crippen molar-refractivity contribution in [1.29, 1.82) is 0 Å². The lowest BCUT2D eigenvalue weighted by atomic mass is 10.2. The molecule has 0 atom stereocenters. The number of hydrogen-bond donors (Lipinski definition) is 3. The molecule has 0 unspecified atom stereocenters. The van der Waals surface area contributed by atoms with Crippen molar-refractivity contribution in [3.63, 3.8) is 0 Å². The Morgan fingerprint density at radius 3 is 2.88 bits per heavy atom. The number of aliphatic hydroxyl groups excluding tert-OH is 1. The Kier molecular flexibility index (Phi) is 4.02. The summed E-state index contributed by atoms with van der Waals surface area (Å²) in [5.74, 6) is 1.74. The van der Waals surface area contributed by atoms with Gasteiger partial charge in [0, 0.05) is 31.2 Å². The van der Waals surface area contributed by atoms with Gasteiger partial charge in [-0.3, -0.25) is 9.78 Å². The van der Waals surface area contributed by atoms with Crippen LogP contribution in [0.2, 0.25) is 0 Å². The number of aliphatic hydroxyl groups is 1. The fourth-order valence-electron chi connectivity index (χ4n) is 2.67.